The molecule has 0 saturated carbocycles. The third-order valence-electron chi connectivity index (χ3n) is 4.80. The Morgan fingerprint density at radius 2 is 1.77 bits per heavy atom. The van der Waals surface area contributed by atoms with E-state index in [-0.39, 0.29) is 16.3 Å². The minimum absolute atomic E-state index is 0.0274. The third-order valence-corrected chi connectivity index (χ3v) is 5.13. The van der Waals surface area contributed by atoms with Gasteiger partial charge in [-0.2, -0.15) is 0 Å². The van der Waals surface area contributed by atoms with Crippen molar-refractivity contribution in [3.05, 3.63) is 86.4 Å². The molecule has 0 aliphatic heterocycles. The quantitative estimate of drug-likeness (QED) is 0.325. The number of benzene rings is 3. The molecule has 150 valence electrons. The molecular weight excluding hydrogens is 406 g/mol. The van der Waals surface area contributed by atoms with Gasteiger partial charge in [0, 0.05) is 23.4 Å². The number of aromatic nitrogens is 1. The van der Waals surface area contributed by atoms with Gasteiger partial charge in [-0.1, -0.05) is 11.6 Å². The Morgan fingerprint density at radius 3 is 2.47 bits per heavy atom. The lowest BCUT2D eigenvalue weighted by Crippen LogP contribution is -2.12. The summed E-state index contributed by atoms with van der Waals surface area (Å²) in [6, 6.07) is 14.6. The van der Waals surface area contributed by atoms with E-state index in [0.717, 1.165) is 28.3 Å². The number of aryl methyl sites for hydroxylation is 2. The highest BCUT2D eigenvalue weighted by Crippen LogP contribution is 2.28. The SMILES string of the molecule is Cc1cc2nc(-c3ccc(NC(=O)c4cc([N+](=O)[O-])ccc4Cl)cc3)oc2cc1C. The van der Waals surface area contributed by atoms with Crippen molar-refractivity contribution in [1.82, 2.24) is 4.98 Å². The van der Waals surface area contributed by atoms with Crippen LogP contribution in [-0.2, 0) is 0 Å². The fourth-order valence-corrected chi connectivity index (χ4v) is 3.20. The van der Waals surface area contributed by atoms with E-state index in [2.05, 4.69) is 10.3 Å². The molecule has 3 aromatic carbocycles. The summed E-state index contributed by atoms with van der Waals surface area (Å²) in [5.74, 6) is -0.0566. The number of fused-ring (bicyclic) bond motifs is 1. The summed E-state index contributed by atoms with van der Waals surface area (Å²) in [5, 5.41) is 13.8. The predicted molar refractivity (Wildman–Crippen MR) is 115 cm³/mol. The van der Waals surface area contributed by atoms with E-state index in [4.69, 9.17) is 16.0 Å². The van der Waals surface area contributed by atoms with Gasteiger partial charge >= 0.3 is 0 Å². The Kier molecular flexibility index (Phi) is 4.97. The number of anilines is 1. The molecule has 30 heavy (non-hydrogen) atoms. The molecule has 0 aliphatic carbocycles. The average Bonchev–Trinajstić information content (AvgIpc) is 3.11. The number of carbonyl (C=O) groups is 1. The number of non-ortho nitro benzene ring substituents is 1. The van der Waals surface area contributed by atoms with Crippen LogP contribution < -0.4 is 5.32 Å². The number of nitro groups is 1. The van der Waals surface area contributed by atoms with Gasteiger partial charge in [-0.25, -0.2) is 4.98 Å². The number of halogens is 1. The predicted octanol–water partition coefficient (Wildman–Crippen LogP) is 5.93. The molecule has 0 saturated heterocycles. The van der Waals surface area contributed by atoms with Crippen LogP contribution in [0.3, 0.4) is 0 Å². The number of nitrogens with zero attached hydrogens (tertiary/aromatic N) is 2. The lowest BCUT2D eigenvalue weighted by atomic mass is 10.1. The largest absolute Gasteiger partial charge is 0.436 e. The van der Waals surface area contributed by atoms with Gasteiger partial charge in [0.1, 0.15) is 5.52 Å². The van der Waals surface area contributed by atoms with Gasteiger partial charge in [-0.3, -0.25) is 14.9 Å². The van der Waals surface area contributed by atoms with Crippen molar-refractivity contribution in [2.75, 3.05) is 5.32 Å². The number of hydrogen-bond acceptors (Lipinski definition) is 5. The molecule has 8 heteroatoms. The van der Waals surface area contributed by atoms with Gasteiger partial charge in [0.15, 0.2) is 5.58 Å². The molecule has 0 atom stereocenters. The Hall–Kier alpha value is -3.71. The molecule has 4 aromatic rings. The van der Waals surface area contributed by atoms with Gasteiger partial charge < -0.3 is 9.73 Å². The van der Waals surface area contributed by atoms with Crippen LogP contribution in [0.1, 0.15) is 21.5 Å². The molecule has 0 fully saturated rings. The summed E-state index contributed by atoms with van der Waals surface area (Å²) in [7, 11) is 0. The summed E-state index contributed by atoms with van der Waals surface area (Å²) in [6.45, 7) is 4.04. The number of carbonyl (C=O) groups excluding carboxylic acids is 1. The molecule has 7 nitrogen and oxygen atoms in total. The Bertz CT molecular complexity index is 1260. The van der Waals surface area contributed by atoms with Crippen LogP contribution in [0.25, 0.3) is 22.6 Å². The zero-order valence-electron chi connectivity index (χ0n) is 16.1. The van der Waals surface area contributed by atoms with E-state index in [1.807, 2.05) is 26.0 Å². The van der Waals surface area contributed by atoms with Crippen LogP contribution in [0.15, 0.2) is 59.0 Å². The number of amides is 1. The molecule has 0 bridgehead atoms. The lowest BCUT2D eigenvalue weighted by molar-refractivity contribution is -0.384. The Labute approximate surface area is 176 Å². The van der Waals surface area contributed by atoms with Crippen LogP contribution in [0.4, 0.5) is 11.4 Å². The Morgan fingerprint density at radius 1 is 1.07 bits per heavy atom. The van der Waals surface area contributed by atoms with Gasteiger partial charge in [0.2, 0.25) is 5.89 Å². The standard InChI is InChI=1S/C22H16ClN3O4/c1-12-9-19-20(10-13(12)2)30-22(25-19)14-3-5-15(6-4-14)24-21(27)17-11-16(26(28)29)7-8-18(17)23/h3-11H,1-2H3,(H,24,27). The van der Waals surface area contributed by atoms with E-state index < -0.39 is 10.8 Å². The number of oxazole rings is 1. The van der Waals surface area contributed by atoms with Crippen LogP contribution in [0, 0.1) is 24.0 Å². The van der Waals surface area contributed by atoms with E-state index in [1.165, 1.54) is 12.1 Å². The molecule has 1 amide bonds. The molecule has 4 rings (SSSR count). The molecule has 1 aromatic heterocycles. The number of nitro benzene ring substituents is 1. The van der Waals surface area contributed by atoms with Gasteiger partial charge in [0.05, 0.1) is 15.5 Å². The minimum Gasteiger partial charge on any atom is -0.436 e. The van der Waals surface area contributed by atoms with Crippen LogP contribution in [-0.4, -0.2) is 15.8 Å². The van der Waals surface area contributed by atoms with Crippen molar-refractivity contribution >= 4 is 40.0 Å². The highest BCUT2D eigenvalue weighted by Gasteiger charge is 2.16. The first-order valence-corrected chi connectivity index (χ1v) is 9.43. The van der Waals surface area contributed by atoms with Crippen molar-refractivity contribution in [3.63, 3.8) is 0 Å². The summed E-state index contributed by atoms with van der Waals surface area (Å²) in [6.07, 6.45) is 0. The second kappa shape index (κ2) is 7.61. The summed E-state index contributed by atoms with van der Waals surface area (Å²) < 4.78 is 5.85. The van der Waals surface area contributed by atoms with Gasteiger partial charge in [0.25, 0.3) is 11.6 Å². The first kappa shape index (κ1) is 19.6. The topological polar surface area (TPSA) is 98.3 Å². The van der Waals surface area contributed by atoms with Crippen molar-refractivity contribution in [2.24, 2.45) is 0 Å². The second-order valence-corrected chi connectivity index (χ2v) is 7.28. The monoisotopic (exact) mass is 421 g/mol. The number of rotatable bonds is 4. The minimum atomic E-state index is -0.578. The first-order valence-electron chi connectivity index (χ1n) is 9.05. The zero-order chi connectivity index (χ0) is 21.4. The van der Waals surface area contributed by atoms with E-state index in [1.54, 1.807) is 24.3 Å². The van der Waals surface area contributed by atoms with Gasteiger partial charge in [-0.15, -0.1) is 0 Å². The summed E-state index contributed by atoms with van der Waals surface area (Å²) in [4.78, 5) is 27.4. The summed E-state index contributed by atoms with van der Waals surface area (Å²) in [5.41, 5.74) is 4.85. The smallest absolute Gasteiger partial charge is 0.270 e. The summed E-state index contributed by atoms with van der Waals surface area (Å²) >= 11 is 6.02. The number of hydrogen-bond donors (Lipinski definition) is 1. The molecule has 0 spiro atoms. The normalized spacial score (nSPS) is 10.9. The second-order valence-electron chi connectivity index (χ2n) is 6.88. The zero-order valence-corrected chi connectivity index (χ0v) is 16.9. The fourth-order valence-electron chi connectivity index (χ4n) is 3.00. The maximum absolute atomic E-state index is 12.5. The molecule has 0 radical (unpaired) electrons. The maximum Gasteiger partial charge on any atom is 0.270 e. The highest BCUT2D eigenvalue weighted by atomic mass is 35.5. The van der Waals surface area contributed by atoms with E-state index in [0.29, 0.717) is 17.2 Å². The van der Waals surface area contributed by atoms with Crippen molar-refractivity contribution in [2.45, 2.75) is 13.8 Å². The van der Waals surface area contributed by atoms with Crippen molar-refractivity contribution in [3.8, 4) is 11.5 Å². The molecular formula is C22H16ClN3O4. The first-order chi connectivity index (χ1) is 14.3. The van der Waals surface area contributed by atoms with E-state index >= 15 is 0 Å². The third kappa shape index (κ3) is 3.75. The average molecular weight is 422 g/mol. The molecule has 1 N–H and O–H groups in total. The lowest BCUT2D eigenvalue weighted by Gasteiger charge is -2.07. The molecule has 1 heterocycles. The van der Waals surface area contributed by atoms with Crippen molar-refractivity contribution in [1.29, 1.82) is 0 Å². The van der Waals surface area contributed by atoms with Crippen LogP contribution in [0.2, 0.25) is 5.02 Å². The maximum atomic E-state index is 12.5. The number of nitrogens with one attached hydrogen (secondary N) is 1. The van der Waals surface area contributed by atoms with Gasteiger partial charge in [-0.05, 0) is 67.4 Å². The fraction of sp³-hybridized carbons (Fsp3) is 0.0909. The Balaban J connectivity index is 1.56. The van der Waals surface area contributed by atoms with Crippen LogP contribution in [0.5, 0.6) is 0 Å². The van der Waals surface area contributed by atoms with Crippen molar-refractivity contribution < 1.29 is 14.1 Å². The van der Waals surface area contributed by atoms with Crippen LogP contribution >= 0.6 is 11.6 Å². The van der Waals surface area contributed by atoms with E-state index in [9.17, 15) is 14.9 Å². The molecule has 0 aliphatic rings. The molecule has 0 unspecified atom stereocenters. The highest BCUT2D eigenvalue weighted by molar-refractivity contribution is 6.34.